The number of hydrogen-bond donors (Lipinski definition) is 1. The van der Waals surface area contributed by atoms with Gasteiger partial charge in [0.05, 0.1) is 5.69 Å². The van der Waals surface area contributed by atoms with Crippen LogP contribution in [0.1, 0.15) is 48.7 Å². The number of ether oxygens (including phenoxy) is 1. The monoisotopic (exact) mass is 388 g/mol. The molecule has 0 aliphatic carbocycles. The summed E-state index contributed by atoms with van der Waals surface area (Å²) < 4.78 is 6.24. The van der Waals surface area contributed by atoms with E-state index in [1.54, 1.807) is 0 Å². The molecule has 2 N–H and O–H groups in total. The van der Waals surface area contributed by atoms with Crippen LogP contribution in [0.4, 0.5) is 0 Å². The van der Waals surface area contributed by atoms with Gasteiger partial charge in [0.2, 0.25) is 0 Å². The first kappa shape index (κ1) is 21.1. The van der Waals surface area contributed by atoms with Gasteiger partial charge in [-0.3, -0.25) is 4.98 Å². The smallest absolute Gasteiger partial charge is 0.127 e. The summed E-state index contributed by atoms with van der Waals surface area (Å²) in [4.78, 5) is 4.89. The molecule has 0 bridgehead atoms. The minimum Gasteiger partial charge on any atom is -0.488 e. The Morgan fingerprint density at radius 3 is 2.31 bits per heavy atom. The van der Waals surface area contributed by atoms with Crippen LogP contribution < -0.4 is 10.5 Å². The van der Waals surface area contributed by atoms with Gasteiger partial charge in [-0.2, -0.15) is 0 Å². The van der Waals surface area contributed by atoms with Crippen molar-refractivity contribution in [3.63, 3.8) is 0 Å². The largest absolute Gasteiger partial charge is 0.488 e. The predicted molar refractivity (Wildman–Crippen MR) is 121 cm³/mol. The molecular weight excluding hydrogens is 356 g/mol. The van der Waals surface area contributed by atoms with Gasteiger partial charge in [0.15, 0.2) is 0 Å². The Kier molecular flexibility index (Phi) is 6.39. The Morgan fingerprint density at radius 2 is 1.69 bits per heavy atom. The van der Waals surface area contributed by atoms with Gasteiger partial charge in [0, 0.05) is 22.9 Å². The topological polar surface area (TPSA) is 48.1 Å². The fourth-order valence-corrected chi connectivity index (χ4v) is 3.54. The lowest BCUT2D eigenvalue weighted by atomic mass is 9.85. The summed E-state index contributed by atoms with van der Waals surface area (Å²) in [5, 5.41) is 0. The van der Waals surface area contributed by atoms with Gasteiger partial charge in [0.25, 0.3) is 0 Å². The molecule has 0 radical (unpaired) electrons. The van der Waals surface area contributed by atoms with Gasteiger partial charge in [-0.05, 0) is 48.9 Å². The van der Waals surface area contributed by atoms with E-state index in [-0.39, 0.29) is 5.41 Å². The zero-order valence-corrected chi connectivity index (χ0v) is 18.3. The number of benzene rings is 2. The molecule has 3 heteroatoms. The highest BCUT2D eigenvalue weighted by Gasteiger charge is 2.17. The molecule has 2 aromatic carbocycles. The minimum atomic E-state index is 0.127. The van der Waals surface area contributed by atoms with E-state index < -0.39 is 0 Å². The van der Waals surface area contributed by atoms with Crippen molar-refractivity contribution in [2.75, 3.05) is 6.54 Å². The molecule has 3 rings (SSSR count). The first-order chi connectivity index (χ1) is 13.8. The molecule has 0 atom stereocenters. The number of aromatic nitrogens is 1. The summed E-state index contributed by atoms with van der Waals surface area (Å²) in [7, 11) is 0. The van der Waals surface area contributed by atoms with Crippen LogP contribution >= 0.6 is 0 Å². The number of pyridine rings is 1. The highest BCUT2D eigenvalue weighted by Crippen LogP contribution is 2.32. The second kappa shape index (κ2) is 8.79. The van der Waals surface area contributed by atoms with Crippen molar-refractivity contribution in [3.05, 3.63) is 82.5 Å². The fraction of sp³-hybridized carbons (Fsp3) is 0.346. The van der Waals surface area contributed by atoms with Crippen LogP contribution in [-0.4, -0.2) is 11.5 Å². The lowest BCUT2D eigenvalue weighted by molar-refractivity contribution is 0.302. The van der Waals surface area contributed by atoms with E-state index in [1.165, 1.54) is 11.1 Å². The van der Waals surface area contributed by atoms with Crippen molar-refractivity contribution in [3.8, 4) is 17.0 Å². The van der Waals surface area contributed by atoms with E-state index in [2.05, 4.69) is 64.1 Å². The first-order valence-electron chi connectivity index (χ1n) is 10.3. The van der Waals surface area contributed by atoms with Gasteiger partial charge in [0.1, 0.15) is 12.4 Å². The molecule has 0 aliphatic rings. The van der Waals surface area contributed by atoms with Gasteiger partial charge in [-0.1, -0.05) is 69.3 Å². The van der Waals surface area contributed by atoms with Crippen LogP contribution in [0.5, 0.6) is 5.75 Å². The summed E-state index contributed by atoms with van der Waals surface area (Å²) in [6.07, 6.45) is 0.755. The number of rotatable bonds is 6. The summed E-state index contributed by atoms with van der Waals surface area (Å²) in [5.74, 6) is 0.876. The molecule has 3 nitrogen and oxygen atoms in total. The van der Waals surface area contributed by atoms with Crippen molar-refractivity contribution in [2.24, 2.45) is 5.73 Å². The average Bonchev–Trinajstić information content (AvgIpc) is 2.68. The molecule has 0 unspecified atom stereocenters. The Balaban J connectivity index is 1.99. The number of nitrogens with two attached hydrogens (primary N) is 1. The van der Waals surface area contributed by atoms with Crippen LogP contribution in [0.15, 0.2) is 54.6 Å². The zero-order valence-electron chi connectivity index (χ0n) is 18.3. The third-order valence-corrected chi connectivity index (χ3v) is 5.29. The Bertz CT molecular complexity index is 972. The van der Waals surface area contributed by atoms with Crippen LogP contribution in [0.25, 0.3) is 11.3 Å². The minimum absolute atomic E-state index is 0.127. The molecular formula is C26H32N2O. The van der Waals surface area contributed by atoms with E-state index in [4.69, 9.17) is 15.5 Å². The van der Waals surface area contributed by atoms with E-state index >= 15 is 0 Å². The van der Waals surface area contributed by atoms with Crippen molar-refractivity contribution >= 4 is 0 Å². The predicted octanol–water partition coefficient (Wildman–Crippen LogP) is 5.74. The molecule has 0 amide bonds. The molecule has 1 aromatic heterocycles. The van der Waals surface area contributed by atoms with Gasteiger partial charge >= 0.3 is 0 Å². The van der Waals surface area contributed by atoms with Crippen LogP contribution in [0.3, 0.4) is 0 Å². The number of hydrogen-bond acceptors (Lipinski definition) is 3. The first-order valence-corrected chi connectivity index (χ1v) is 10.3. The van der Waals surface area contributed by atoms with E-state index in [0.29, 0.717) is 13.2 Å². The number of nitrogens with zero attached hydrogens (tertiary/aromatic N) is 1. The summed E-state index contributed by atoms with van der Waals surface area (Å²) in [5.41, 5.74) is 13.8. The SMILES string of the molecule is Cc1cc(C(C)(C)C)ccc1-c1cc(OCc2ccccc2)c(CCN)c(C)n1. The van der Waals surface area contributed by atoms with Gasteiger partial charge in [-0.15, -0.1) is 0 Å². The van der Waals surface area contributed by atoms with Crippen LogP contribution in [-0.2, 0) is 18.4 Å². The highest BCUT2D eigenvalue weighted by molar-refractivity contribution is 5.67. The molecule has 29 heavy (non-hydrogen) atoms. The maximum Gasteiger partial charge on any atom is 0.127 e. The standard InChI is InChI=1S/C26H32N2O/c1-18-15-21(26(3,4)5)11-12-22(18)24-16-25(23(13-14-27)19(2)28-24)29-17-20-9-7-6-8-10-20/h6-12,15-16H,13-14,17,27H2,1-5H3. The summed E-state index contributed by atoms with van der Waals surface area (Å²) in [6, 6.07) is 19.0. The maximum atomic E-state index is 6.24. The summed E-state index contributed by atoms with van der Waals surface area (Å²) in [6.45, 7) is 12.0. The molecule has 0 spiro atoms. The Labute approximate surface area is 175 Å². The molecule has 1 heterocycles. The quantitative estimate of drug-likeness (QED) is 0.585. The lowest BCUT2D eigenvalue weighted by Crippen LogP contribution is -2.11. The molecule has 152 valence electrons. The normalized spacial score (nSPS) is 11.5. The average molecular weight is 389 g/mol. The highest BCUT2D eigenvalue weighted by atomic mass is 16.5. The molecule has 0 fully saturated rings. The van der Waals surface area contributed by atoms with E-state index in [9.17, 15) is 0 Å². The third kappa shape index (κ3) is 5.04. The molecule has 3 aromatic rings. The second-order valence-corrected chi connectivity index (χ2v) is 8.66. The lowest BCUT2D eigenvalue weighted by Gasteiger charge is -2.21. The van der Waals surface area contributed by atoms with E-state index in [1.807, 2.05) is 25.1 Å². The van der Waals surface area contributed by atoms with Crippen molar-refractivity contribution in [1.29, 1.82) is 0 Å². The third-order valence-electron chi connectivity index (χ3n) is 5.29. The molecule has 0 saturated heterocycles. The zero-order chi connectivity index (χ0) is 21.0. The van der Waals surface area contributed by atoms with Crippen LogP contribution in [0.2, 0.25) is 0 Å². The van der Waals surface area contributed by atoms with E-state index in [0.717, 1.165) is 40.2 Å². The summed E-state index contributed by atoms with van der Waals surface area (Å²) >= 11 is 0. The number of aryl methyl sites for hydroxylation is 2. The van der Waals surface area contributed by atoms with Crippen molar-refractivity contribution in [2.45, 2.75) is 53.1 Å². The second-order valence-electron chi connectivity index (χ2n) is 8.66. The van der Waals surface area contributed by atoms with Gasteiger partial charge < -0.3 is 10.5 Å². The van der Waals surface area contributed by atoms with Crippen molar-refractivity contribution < 1.29 is 4.74 Å². The molecule has 0 saturated carbocycles. The fourth-order valence-electron chi connectivity index (χ4n) is 3.54. The Morgan fingerprint density at radius 1 is 0.966 bits per heavy atom. The van der Waals surface area contributed by atoms with Crippen molar-refractivity contribution in [1.82, 2.24) is 4.98 Å². The van der Waals surface area contributed by atoms with Gasteiger partial charge in [-0.25, -0.2) is 0 Å². The Hall–Kier alpha value is -2.65. The van der Waals surface area contributed by atoms with Crippen LogP contribution in [0, 0.1) is 13.8 Å². The molecule has 0 aliphatic heterocycles. The maximum absolute atomic E-state index is 6.24.